The summed E-state index contributed by atoms with van der Waals surface area (Å²) in [5.41, 5.74) is 7.65. The summed E-state index contributed by atoms with van der Waals surface area (Å²) in [4.78, 5) is 4.18. The first kappa shape index (κ1) is 10.2. The molecule has 0 aliphatic heterocycles. The van der Waals surface area contributed by atoms with Crippen molar-refractivity contribution < 1.29 is 0 Å². The summed E-state index contributed by atoms with van der Waals surface area (Å²) < 4.78 is 3.13. The standard InChI is InChI=1S/C11H12BrN3/c1-8-14-4-5-15(8)7-9-2-3-10(13)6-11(9)12/h2-6H,7,13H2,1H3. The van der Waals surface area contributed by atoms with Gasteiger partial charge in [-0.3, -0.25) is 0 Å². The number of nitrogens with two attached hydrogens (primary N) is 1. The Morgan fingerprint density at radius 2 is 2.27 bits per heavy atom. The summed E-state index contributed by atoms with van der Waals surface area (Å²) >= 11 is 3.50. The number of nitrogen functional groups attached to an aromatic ring is 1. The Kier molecular flexibility index (Phi) is 2.77. The number of aryl methyl sites for hydroxylation is 1. The molecule has 0 saturated heterocycles. The predicted molar refractivity (Wildman–Crippen MR) is 64.6 cm³/mol. The highest BCUT2D eigenvalue weighted by Crippen LogP contribution is 2.21. The van der Waals surface area contributed by atoms with Gasteiger partial charge in [0.1, 0.15) is 5.82 Å². The minimum Gasteiger partial charge on any atom is -0.399 e. The zero-order valence-electron chi connectivity index (χ0n) is 8.44. The van der Waals surface area contributed by atoms with E-state index in [0.717, 1.165) is 22.5 Å². The Bertz CT molecular complexity index is 476. The molecule has 0 spiro atoms. The van der Waals surface area contributed by atoms with Crippen molar-refractivity contribution in [3.05, 3.63) is 46.5 Å². The summed E-state index contributed by atoms with van der Waals surface area (Å²) in [6, 6.07) is 5.85. The number of hydrogen-bond donors (Lipinski definition) is 1. The van der Waals surface area contributed by atoms with E-state index in [4.69, 9.17) is 5.73 Å². The molecule has 1 heterocycles. The fraction of sp³-hybridized carbons (Fsp3) is 0.182. The Balaban J connectivity index is 2.29. The third kappa shape index (κ3) is 2.21. The molecule has 3 nitrogen and oxygen atoms in total. The third-order valence-electron chi connectivity index (χ3n) is 2.34. The molecule has 0 bridgehead atoms. The van der Waals surface area contributed by atoms with Crippen LogP contribution in [0.25, 0.3) is 0 Å². The molecule has 1 aromatic heterocycles. The van der Waals surface area contributed by atoms with Gasteiger partial charge in [-0.1, -0.05) is 22.0 Å². The lowest BCUT2D eigenvalue weighted by molar-refractivity contribution is 0.759. The van der Waals surface area contributed by atoms with Crippen LogP contribution in [0.2, 0.25) is 0 Å². The van der Waals surface area contributed by atoms with Crippen LogP contribution in [0, 0.1) is 6.92 Å². The maximum atomic E-state index is 5.68. The SMILES string of the molecule is Cc1nccn1Cc1ccc(N)cc1Br. The van der Waals surface area contributed by atoms with Crippen LogP contribution in [0.3, 0.4) is 0 Å². The Labute approximate surface area is 97.1 Å². The minimum atomic E-state index is 0.771. The van der Waals surface area contributed by atoms with Gasteiger partial charge in [-0.2, -0.15) is 0 Å². The highest BCUT2D eigenvalue weighted by Gasteiger charge is 2.03. The van der Waals surface area contributed by atoms with Crippen molar-refractivity contribution in [2.75, 3.05) is 5.73 Å². The van der Waals surface area contributed by atoms with Gasteiger partial charge in [0.25, 0.3) is 0 Å². The fourth-order valence-electron chi connectivity index (χ4n) is 1.45. The summed E-state index contributed by atoms with van der Waals surface area (Å²) in [5.74, 6) is 1.01. The fourth-order valence-corrected chi connectivity index (χ4v) is 1.97. The molecule has 15 heavy (non-hydrogen) atoms. The van der Waals surface area contributed by atoms with Crippen LogP contribution in [0.15, 0.2) is 35.1 Å². The van der Waals surface area contributed by atoms with Crippen molar-refractivity contribution in [1.29, 1.82) is 0 Å². The van der Waals surface area contributed by atoms with Gasteiger partial charge in [0.05, 0.1) is 0 Å². The van der Waals surface area contributed by atoms with Crippen LogP contribution in [-0.2, 0) is 6.54 Å². The van der Waals surface area contributed by atoms with Gasteiger partial charge in [-0.15, -0.1) is 0 Å². The molecule has 2 aromatic rings. The van der Waals surface area contributed by atoms with E-state index < -0.39 is 0 Å². The van der Waals surface area contributed by atoms with Crippen LogP contribution < -0.4 is 5.73 Å². The predicted octanol–water partition coefficient (Wildman–Crippen LogP) is 2.58. The number of halogens is 1. The van der Waals surface area contributed by atoms with Crippen molar-refractivity contribution in [2.45, 2.75) is 13.5 Å². The van der Waals surface area contributed by atoms with E-state index >= 15 is 0 Å². The van der Waals surface area contributed by atoms with E-state index in [1.54, 1.807) is 6.20 Å². The Morgan fingerprint density at radius 3 is 2.87 bits per heavy atom. The monoisotopic (exact) mass is 265 g/mol. The van der Waals surface area contributed by atoms with Gasteiger partial charge in [-0.25, -0.2) is 4.98 Å². The molecule has 78 valence electrons. The first-order valence-electron chi connectivity index (χ1n) is 4.68. The van der Waals surface area contributed by atoms with Crippen molar-refractivity contribution in [2.24, 2.45) is 0 Å². The summed E-state index contributed by atoms with van der Waals surface area (Å²) in [7, 11) is 0. The van der Waals surface area contributed by atoms with Crippen molar-refractivity contribution in [1.82, 2.24) is 9.55 Å². The molecular weight excluding hydrogens is 254 g/mol. The molecule has 0 aliphatic rings. The van der Waals surface area contributed by atoms with E-state index in [1.807, 2.05) is 31.3 Å². The van der Waals surface area contributed by atoms with Crippen molar-refractivity contribution in [3.63, 3.8) is 0 Å². The smallest absolute Gasteiger partial charge is 0.105 e. The third-order valence-corrected chi connectivity index (χ3v) is 3.08. The topological polar surface area (TPSA) is 43.8 Å². The number of rotatable bonds is 2. The largest absolute Gasteiger partial charge is 0.399 e. The number of imidazole rings is 1. The van der Waals surface area contributed by atoms with E-state index in [9.17, 15) is 0 Å². The van der Waals surface area contributed by atoms with Gasteiger partial charge >= 0.3 is 0 Å². The second-order valence-electron chi connectivity index (χ2n) is 3.45. The van der Waals surface area contributed by atoms with Gasteiger partial charge in [0.15, 0.2) is 0 Å². The molecule has 2 rings (SSSR count). The first-order valence-corrected chi connectivity index (χ1v) is 5.48. The molecule has 0 aliphatic carbocycles. The maximum Gasteiger partial charge on any atom is 0.105 e. The number of benzene rings is 1. The number of nitrogens with zero attached hydrogens (tertiary/aromatic N) is 2. The zero-order chi connectivity index (χ0) is 10.8. The van der Waals surface area contributed by atoms with E-state index in [2.05, 4.69) is 25.5 Å². The summed E-state index contributed by atoms with van der Waals surface area (Å²) in [6.45, 7) is 2.80. The van der Waals surface area contributed by atoms with Gasteiger partial charge < -0.3 is 10.3 Å². The number of anilines is 1. The molecule has 0 unspecified atom stereocenters. The lowest BCUT2D eigenvalue weighted by Crippen LogP contribution is -2.01. The highest BCUT2D eigenvalue weighted by molar-refractivity contribution is 9.10. The van der Waals surface area contributed by atoms with Crippen LogP contribution in [-0.4, -0.2) is 9.55 Å². The van der Waals surface area contributed by atoms with E-state index in [0.29, 0.717) is 0 Å². The highest BCUT2D eigenvalue weighted by atomic mass is 79.9. The lowest BCUT2D eigenvalue weighted by Gasteiger charge is -2.07. The second-order valence-corrected chi connectivity index (χ2v) is 4.31. The number of hydrogen-bond acceptors (Lipinski definition) is 2. The molecule has 0 radical (unpaired) electrons. The van der Waals surface area contributed by atoms with Gasteiger partial charge in [-0.05, 0) is 24.6 Å². The van der Waals surface area contributed by atoms with Crippen LogP contribution >= 0.6 is 15.9 Å². The molecule has 4 heteroatoms. The molecular formula is C11H12BrN3. The normalized spacial score (nSPS) is 10.5. The maximum absolute atomic E-state index is 5.68. The first-order chi connectivity index (χ1) is 7.16. The van der Waals surface area contributed by atoms with Crippen molar-refractivity contribution in [3.8, 4) is 0 Å². The molecule has 2 N–H and O–H groups in total. The quantitative estimate of drug-likeness (QED) is 0.849. The van der Waals surface area contributed by atoms with Gasteiger partial charge in [0, 0.05) is 29.1 Å². The molecule has 1 aromatic carbocycles. The van der Waals surface area contributed by atoms with Gasteiger partial charge in [0.2, 0.25) is 0 Å². The summed E-state index contributed by atoms with van der Waals surface area (Å²) in [5, 5.41) is 0. The molecule has 0 amide bonds. The van der Waals surface area contributed by atoms with Crippen LogP contribution in [0.4, 0.5) is 5.69 Å². The zero-order valence-corrected chi connectivity index (χ0v) is 10.0. The number of aromatic nitrogens is 2. The van der Waals surface area contributed by atoms with Crippen LogP contribution in [0.5, 0.6) is 0 Å². The molecule has 0 atom stereocenters. The molecule has 0 fully saturated rings. The van der Waals surface area contributed by atoms with E-state index in [1.165, 1.54) is 5.56 Å². The average molecular weight is 266 g/mol. The summed E-state index contributed by atoms with van der Waals surface area (Å²) in [6.07, 6.45) is 3.78. The minimum absolute atomic E-state index is 0.771. The van der Waals surface area contributed by atoms with Crippen LogP contribution in [0.1, 0.15) is 11.4 Å². The second kappa shape index (κ2) is 4.06. The van der Waals surface area contributed by atoms with Crippen molar-refractivity contribution >= 4 is 21.6 Å². The van der Waals surface area contributed by atoms with E-state index in [-0.39, 0.29) is 0 Å². The average Bonchev–Trinajstić information content (AvgIpc) is 2.57. The molecule has 0 saturated carbocycles. The Morgan fingerprint density at radius 1 is 1.47 bits per heavy atom. The Hall–Kier alpha value is -1.29. The lowest BCUT2D eigenvalue weighted by atomic mass is 10.2.